The molecule has 0 amide bonds. The van der Waals surface area contributed by atoms with E-state index < -0.39 is 0 Å². The first-order valence-electron chi connectivity index (χ1n) is 6.60. The van der Waals surface area contributed by atoms with E-state index in [4.69, 9.17) is 0 Å². The summed E-state index contributed by atoms with van der Waals surface area (Å²) in [7, 11) is 3.73. The standard InChI is InChI=1S/C14H19BrN4O/c1-6-10-14(15)11(19(5)17-10)7-12(20)13-8(2)16-18(4)9(13)3/h6-7H2,1-5H3. The third-order valence-corrected chi connectivity index (χ3v) is 4.53. The molecule has 0 fully saturated rings. The van der Waals surface area contributed by atoms with Crippen molar-refractivity contribution in [2.45, 2.75) is 33.6 Å². The highest BCUT2D eigenvalue weighted by molar-refractivity contribution is 9.10. The van der Waals surface area contributed by atoms with Gasteiger partial charge < -0.3 is 0 Å². The zero-order valence-corrected chi connectivity index (χ0v) is 14.1. The number of halogens is 1. The molecule has 0 spiro atoms. The molecule has 0 aliphatic heterocycles. The van der Waals surface area contributed by atoms with Crippen LogP contribution in [0.3, 0.4) is 0 Å². The van der Waals surface area contributed by atoms with Crippen molar-refractivity contribution in [3.8, 4) is 0 Å². The number of aryl methyl sites for hydroxylation is 4. The van der Waals surface area contributed by atoms with Gasteiger partial charge in [-0.2, -0.15) is 10.2 Å². The van der Waals surface area contributed by atoms with Crippen molar-refractivity contribution in [2.75, 3.05) is 0 Å². The van der Waals surface area contributed by atoms with Crippen LogP contribution in [0.25, 0.3) is 0 Å². The molecule has 2 aromatic heterocycles. The number of nitrogens with zero attached hydrogens (tertiary/aromatic N) is 4. The van der Waals surface area contributed by atoms with Gasteiger partial charge in [-0.05, 0) is 36.2 Å². The first kappa shape index (κ1) is 15.0. The maximum Gasteiger partial charge on any atom is 0.172 e. The minimum absolute atomic E-state index is 0.0828. The second kappa shape index (κ2) is 5.52. The Morgan fingerprint density at radius 1 is 1.20 bits per heavy atom. The van der Waals surface area contributed by atoms with E-state index >= 15 is 0 Å². The van der Waals surface area contributed by atoms with E-state index in [1.165, 1.54) is 0 Å². The van der Waals surface area contributed by atoms with Crippen molar-refractivity contribution in [3.05, 3.63) is 32.8 Å². The van der Waals surface area contributed by atoms with Crippen LogP contribution in [0.15, 0.2) is 4.47 Å². The van der Waals surface area contributed by atoms with Crippen LogP contribution < -0.4 is 0 Å². The van der Waals surface area contributed by atoms with Crippen LogP contribution in [0.5, 0.6) is 0 Å². The molecule has 0 aliphatic rings. The number of aromatic nitrogens is 4. The second-order valence-corrected chi connectivity index (χ2v) is 5.75. The van der Waals surface area contributed by atoms with Crippen LogP contribution in [0.1, 0.15) is 40.1 Å². The lowest BCUT2D eigenvalue weighted by Gasteiger charge is -2.03. The van der Waals surface area contributed by atoms with Gasteiger partial charge in [-0.15, -0.1) is 0 Å². The molecule has 20 heavy (non-hydrogen) atoms. The zero-order chi connectivity index (χ0) is 15.0. The molecule has 0 saturated carbocycles. The Morgan fingerprint density at radius 2 is 1.85 bits per heavy atom. The van der Waals surface area contributed by atoms with Crippen LogP contribution in [-0.2, 0) is 26.9 Å². The van der Waals surface area contributed by atoms with Crippen molar-refractivity contribution < 1.29 is 4.79 Å². The lowest BCUT2D eigenvalue weighted by molar-refractivity contribution is 0.0989. The van der Waals surface area contributed by atoms with Crippen LogP contribution in [0.4, 0.5) is 0 Å². The molecule has 0 saturated heterocycles. The minimum atomic E-state index is 0.0828. The van der Waals surface area contributed by atoms with E-state index in [2.05, 4.69) is 26.1 Å². The molecule has 5 nitrogen and oxygen atoms in total. The predicted octanol–water partition coefficient (Wildman–Crippen LogP) is 2.52. The fraction of sp³-hybridized carbons (Fsp3) is 0.500. The Balaban J connectivity index is 2.35. The Hall–Kier alpha value is -1.43. The van der Waals surface area contributed by atoms with E-state index in [1.807, 2.05) is 34.9 Å². The highest BCUT2D eigenvalue weighted by Crippen LogP contribution is 2.24. The molecule has 2 rings (SSSR count). The lowest BCUT2D eigenvalue weighted by atomic mass is 10.0. The molecule has 6 heteroatoms. The number of hydrogen-bond donors (Lipinski definition) is 0. The summed E-state index contributed by atoms with van der Waals surface area (Å²) >= 11 is 3.55. The molecule has 0 aromatic carbocycles. The van der Waals surface area contributed by atoms with Crippen LogP contribution >= 0.6 is 15.9 Å². The van der Waals surface area contributed by atoms with Gasteiger partial charge in [-0.1, -0.05) is 6.92 Å². The van der Waals surface area contributed by atoms with E-state index in [0.29, 0.717) is 6.42 Å². The molecular formula is C14H19BrN4O. The fourth-order valence-corrected chi connectivity index (χ4v) is 3.19. The predicted molar refractivity (Wildman–Crippen MR) is 81.0 cm³/mol. The number of hydrogen-bond acceptors (Lipinski definition) is 3. The topological polar surface area (TPSA) is 52.7 Å². The van der Waals surface area contributed by atoms with Crippen molar-refractivity contribution in [1.29, 1.82) is 0 Å². The number of carbonyl (C=O) groups excluding carboxylic acids is 1. The molecular weight excluding hydrogens is 320 g/mol. The Labute approximate surface area is 127 Å². The summed E-state index contributed by atoms with van der Waals surface area (Å²) in [5, 5.41) is 8.72. The van der Waals surface area contributed by atoms with Gasteiger partial charge in [0.05, 0.1) is 33.5 Å². The van der Waals surface area contributed by atoms with Gasteiger partial charge in [0.2, 0.25) is 0 Å². The molecule has 2 aromatic rings. The largest absolute Gasteiger partial charge is 0.294 e. The van der Waals surface area contributed by atoms with Crippen LogP contribution in [0, 0.1) is 13.8 Å². The summed E-state index contributed by atoms with van der Waals surface area (Å²) in [5.41, 5.74) is 4.30. The molecule has 0 bridgehead atoms. The first-order valence-corrected chi connectivity index (χ1v) is 7.39. The van der Waals surface area contributed by atoms with Crippen molar-refractivity contribution in [2.24, 2.45) is 14.1 Å². The lowest BCUT2D eigenvalue weighted by Crippen LogP contribution is -2.10. The highest BCUT2D eigenvalue weighted by Gasteiger charge is 2.21. The maximum absolute atomic E-state index is 12.6. The van der Waals surface area contributed by atoms with Gasteiger partial charge in [0.25, 0.3) is 0 Å². The molecule has 0 radical (unpaired) electrons. The van der Waals surface area contributed by atoms with Gasteiger partial charge >= 0.3 is 0 Å². The molecule has 0 atom stereocenters. The summed E-state index contributed by atoms with van der Waals surface area (Å²) in [6.45, 7) is 5.84. The van der Waals surface area contributed by atoms with Crippen molar-refractivity contribution >= 4 is 21.7 Å². The summed E-state index contributed by atoms with van der Waals surface area (Å²) in [4.78, 5) is 12.6. The van der Waals surface area contributed by atoms with Crippen LogP contribution in [-0.4, -0.2) is 25.3 Å². The third kappa shape index (κ3) is 2.44. The van der Waals surface area contributed by atoms with E-state index in [9.17, 15) is 4.79 Å². The summed E-state index contributed by atoms with van der Waals surface area (Å²) < 4.78 is 4.47. The SMILES string of the molecule is CCc1nn(C)c(CC(=O)c2c(C)nn(C)c2C)c1Br. The third-order valence-electron chi connectivity index (χ3n) is 3.62. The van der Waals surface area contributed by atoms with E-state index in [0.717, 1.165) is 39.2 Å². The molecule has 0 unspecified atom stereocenters. The molecule has 2 heterocycles. The average Bonchev–Trinajstić information content (AvgIpc) is 2.79. The molecule has 108 valence electrons. The van der Waals surface area contributed by atoms with Gasteiger partial charge in [0.15, 0.2) is 5.78 Å². The summed E-state index contributed by atoms with van der Waals surface area (Å²) in [5.74, 6) is 0.0828. The number of rotatable bonds is 4. The summed E-state index contributed by atoms with van der Waals surface area (Å²) in [6, 6.07) is 0. The fourth-order valence-electron chi connectivity index (χ4n) is 2.43. The Kier molecular flexibility index (Phi) is 4.13. The first-order chi connectivity index (χ1) is 9.36. The van der Waals surface area contributed by atoms with Crippen molar-refractivity contribution in [1.82, 2.24) is 19.6 Å². The molecule has 0 aliphatic carbocycles. The highest BCUT2D eigenvalue weighted by atomic mass is 79.9. The van der Waals surface area contributed by atoms with E-state index in [-0.39, 0.29) is 5.78 Å². The van der Waals surface area contributed by atoms with E-state index in [1.54, 1.807) is 9.36 Å². The minimum Gasteiger partial charge on any atom is -0.294 e. The zero-order valence-electron chi connectivity index (χ0n) is 12.5. The molecule has 0 N–H and O–H groups in total. The van der Waals surface area contributed by atoms with Gasteiger partial charge in [-0.25, -0.2) is 0 Å². The second-order valence-electron chi connectivity index (χ2n) is 4.95. The van der Waals surface area contributed by atoms with Gasteiger partial charge in [-0.3, -0.25) is 14.2 Å². The Bertz CT molecular complexity index is 669. The monoisotopic (exact) mass is 338 g/mol. The summed E-state index contributed by atoms with van der Waals surface area (Å²) in [6.07, 6.45) is 1.17. The average molecular weight is 339 g/mol. The normalized spacial score (nSPS) is 11.1. The van der Waals surface area contributed by atoms with Crippen molar-refractivity contribution in [3.63, 3.8) is 0 Å². The number of carbonyl (C=O) groups is 1. The van der Waals surface area contributed by atoms with Crippen LogP contribution in [0.2, 0.25) is 0 Å². The van der Waals surface area contributed by atoms with Gasteiger partial charge in [0.1, 0.15) is 0 Å². The quantitative estimate of drug-likeness (QED) is 0.805. The maximum atomic E-state index is 12.6. The number of Topliss-reactive ketones (excluding diaryl/α,β-unsaturated/α-hetero) is 1. The number of ketones is 1. The smallest absolute Gasteiger partial charge is 0.172 e. The van der Waals surface area contributed by atoms with Gasteiger partial charge in [0, 0.05) is 19.8 Å². The Morgan fingerprint density at radius 3 is 2.30 bits per heavy atom.